The van der Waals surface area contributed by atoms with Crippen LogP contribution in [0.1, 0.15) is 15.9 Å². The van der Waals surface area contributed by atoms with Gasteiger partial charge in [0.25, 0.3) is 0 Å². The Labute approximate surface area is 120 Å². The Morgan fingerprint density at radius 2 is 1.76 bits per heavy atom. The van der Waals surface area contributed by atoms with Crippen LogP contribution in [0.5, 0.6) is 5.75 Å². The Kier molecular flexibility index (Phi) is 4.37. The topological polar surface area (TPSA) is 61.5 Å². The van der Waals surface area contributed by atoms with Crippen molar-refractivity contribution in [2.24, 2.45) is 0 Å². The molecular formula is C15H13F2NO3. The average Bonchev–Trinajstić information content (AvgIpc) is 2.46. The highest BCUT2D eigenvalue weighted by molar-refractivity contribution is 5.98. The van der Waals surface area contributed by atoms with Crippen LogP contribution in [0.25, 0.3) is 0 Å². The molecule has 0 saturated carbocycles. The number of carbonyl (C=O) groups is 1. The third-order valence-electron chi connectivity index (χ3n) is 2.88. The Balaban J connectivity index is 2.29. The Morgan fingerprint density at radius 1 is 1.14 bits per heavy atom. The van der Waals surface area contributed by atoms with Crippen molar-refractivity contribution in [2.75, 3.05) is 12.8 Å². The number of hydrogen-bond acceptors (Lipinski definition) is 4. The lowest BCUT2D eigenvalue weighted by atomic mass is 10.1. The molecule has 2 aromatic rings. The molecule has 21 heavy (non-hydrogen) atoms. The number of carbonyl (C=O) groups excluding carboxylic acids is 1. The summed E-state index contributed by atoms with van der Waals surface area (Å²) in [4.78, 5) is 11.7. The van der Waals surface area contributed by atoms with Gasteiger partial charge >= 0.3 is 5.97 Å². The average molecular weight is 293 g/mol. The molecule has 0 aliphatic rings. The SMILES string of the molecule is COC(=O)c1c(N)cccc1OCc1c(F)cccc1F. The van der Waals surface area contributed by atoms with Gasteiger partial charge in [-0.2, -0.15) is 0 Å². The molecule has 0 atom stereocenters. The summed E-state index contributed by atoms with van der Waals surface area (Å²) in [5, 5.41) is 0. The van der Waals surface area contributed by atoms with Gasteiger partial charge in [0.2, 0.25) is 0 Å². The normalized spacial score (nSPS) is 10.2. The van der Waals surface area contributed by atoms with Crippen molar-refractivity contribution >= 4 is 11.7 Å². The van der Waals surface area contributed by atoms with Gasteiger partial charge in [-0.15, -0.1) is 0 Å². The molecule has 0 radical (unpaired) electrons. The van der Waals surface area contributed by atoms with Gasteiger partial charge in [0.05, 0.1) is 12.7 Å². The summed E-state index contributed by atoms with van der Waals surface area (Å²) in [6, 6.07) is 8.05. The molecule has 0 amide bonds. The number of ether oxygens (including phenoxy) is 2. The smallest absolute Gasteiger partial charge is 0.343 e. The third kappa shape index (κ3) is 3.10. The summed E-state index contributed by atoms with van der Waals surface area (Å²) in [5.41, 5.74) is 5.66. The maximum absolute atomic E-state index is 13.5. The van der Waals surface area contributed by atoms with Crippen LogP contribution in [-0.4, -0.2) is 13.1 Å². The fourth-order valence-corrected chi connectivity index (χ4v) is 1.81. The maximum atomic E-state index is 13.5. The molecule has 110 valence electrons. The summed E-state index contributed by atoms with van der Waals surface area (Å²) in [6.07, 6.45) is 0. The minimum absolute atomic E-state index is 0.0248. The number of methoxy groups -OCH3 is 1. The van der Waals surface area contributed by atoms with E-state index in [1.807, 2.05) is 0 Å². The minimum atomic E-state index is -0.724. The number of anilines is 1. The van der Waals surface area contributed by atoms with Crippen LogP contribution < -0.4 is 10.5 Å². The second kappa shape index (κ2) is 6.21. The van der Waals surface area contributed by atoms with E-state index in [0.29, 0.717) is 0 Å². The first-order valence-corrected chi connectivity index (χ1v) is 6.07. The molecular weight excluding hydrogens is 280 g/mol. The molecule has 0 aromatic heterocycles. The highest BCUT2D eigenvalue weighted by atomic mass is 19.1. The number of benzene rings is 2. The molecule has 0 fully saturated rings. The zero-order chi connectivity index (χ0) is 15.4. The van der Waals surface area contributed by atoms with Gasteiger partial charge < -0.3 is 15.2 Å². The van der Waals surface area contributed by atoms with Crippen molar-refractivity contribution in [3.05, 3.63) is 59.2 Å². The van der Waals surface area contributed by atoms with E-state index in [1.54, 1.807) is 6.07 Å². The maximum Gasteiger partial charge on any atom is 0.343 e. The molecule has 2 aromatic carbocycles. The molecule has 0 spiro atoms. The first kappa shape index (κ1) is 14.8. The van der Waals surface area contributed by atoms with Gasteiger partial charge in [-0.05, 0) is 24.3 Å². The lowest BCUT2D eigenvalue weighted by Gasteiger charge is -2.12. The predicted octanol–water partition coefficient (Wildman–Crippen LogP) is 2.91. The number of halogens is 2. The minimum Gasteiger partial charge on any atom is -0.488 e. The van der Waals surface area contributed by atoms with Crippen molar-refractivity contribution < 1.29 is 23.0 Å². The van der Waals surface area contributed by atoms with Crippen LogP contribution in [0, 0.1) is 11.6 Å². The molecule has 0 unspecified atom stereocenters. The highest BCUT2D eigenvalue weighted by Crippen LogP contribution is 2.26. The zero-order valence-corrected chi connectivity index (χ0v) is 11.2. The number of nitrogen functional groups attached to an aromatic ring is 1. The number of hydrogen-bond donors (Lipinski definition) is 1. The fraction of sp³-hybridized carbons (Fsp3) is 0.133. The van der Waals surface area contributed by atoms with Crippen molar-refractivity contribution in [3.63, 3.8) is 0 Å². The van der Waals surface area contributed by atoms with E-state index in [1.165, 1.54) is 25.3 Å². The Hall–Kier alpha value is -2.63. The second-order valence-electron chi connectivity index (χ2n) is 4.20. The first-order valence-electron chi connectivity index (χ1n) is 6.07. The Morgan fingerprint density at radius 3 is 2.38 bits per heavy atom. The van der Waals surface area contributed by atoms with E-state index in [-0.39, 0.29) is 29.2 Å². The van der Waals surface area contributed by atoms with Gasteiger partial charge in [-0.25, -0.2) is 13.6 Å². The van der Waals surface area contributed by atoms with Crippen LogP contribution in [0.3, 0.4) is 0 Å². The molecule has 4 nitrogen and oxygen atoms in total. The van der Waals surface area contributed by atoms with Crippen molar-refractivity contribution in [3.8, 4) is 5.75 Å². The molecule has 0 saturated heterocycles. The molecule has 2 N–H and O–H groups in total. The molecule has 6 heteroatoms. The monoisotopic (exact) mass is 293 g/mol. The van der Waals surface area contributed by atoms with Gasteiger partial charge in [0, 0.05) is 5.69 Å². The van der Waals surface area contributed by atoms with Crippen LogP contribution >= 0.6 is 0 Å². The standard InChI is InChI=1S/C15H13F2NO3/c1-20-15(19)14-12(18)6-3-7-13(14)21-8-9-10(16)4-2-5-11(9)17/h2-7H,8,18H2,1H3. The summed E-state index contributed by atoms with van der Waals surface area (Å²) in [7, 11) is 1.20. The van der Waals surface area contributed by atoms with Gasteiger partial charge in [0.1, 0.15) is 29.6 Å². The number of rotatable bonds is 4. The van der Waals surface area contributed by atoms with E-state index in [4.69, 9.17) is 10.5 Å². The van der Waals surface area contributed by atoms with Gasteiger partial charge in [-0.3, -0.25) is 0 Å². The third-order valence-corrected chi connectivity index (χ3v) is 2.88. The first-order chi connectivity index (χ1) is 10.0. The lowest BCUT2D eigenvalue weighted by Crippen LogP contribution is -2.10. The summed E-state index contributed by atoms with van der Waals surface area (Å²) < 4.78 is 37.0. The van der Waals surface area contributed by atoms with E-state index in [9.17, 15) is 13.6 Å². The largest absolute Gasteiger partial charge is 0.488 e. The van der Waals surface area contributed by atoms with Crippen molar-refractivity contribution in [2.45, 2.75) is 6.61 Å². The quantitative estimate of drug-likeness (QED) is 0.695. The molecule has 0 bridgehead atoms. The van der Waals surface area contributed by atoms with E-state index < -0.39 is 17.6 Å². The molecule has 0 aliphatic carbocycles. The fourth-order valence-electron chi connectivity index (χ4n) is 1.81. The van der Waals surface area contributed by atoms with E-state index in [0.717, 1.165) is 12.1 Å². The summed E-state index contributed by atoms with van der Waals surface area (Å²) >= 11 is 0. The van der Waals surface area contributed by atoms with Crippen LogP contribution in [0.2, 0.25) is 0 Å². The van der Waals surface area contributed by atoms with E-state index in [2.05, 4.69) is 4.74 Å². The van der Waals surface area contributed by atoms with Crippen LogP contribution in [0.15, 0.2) is 36.4 Å². The molecule has 0 heterocycles. The van der Waals surface area contributed by atoms with Gasteiger partial charge in [0.15, 0.2) is 0 Å². The lowest BCUT2D eigenvalue weighted by molar-refractivity contribution is 0.0597. The molecule has 0 aliphatic heterocycles. The van der Waals surface area contributed by atoms with Crippen molar-refractivity contribution in [1.29, 1.82) is 0 Å². The van der Waals surface area contributed by atoms with Crippen molar-refractivity contribution in [1.82, 2.24) is 0 Å². The second-order valence-corrected chi connectivity index (χ2v) is 4.20. The molecule has 2 rings (SSSR count). The number of esters is 1. The zero-order valence-electron chi connectivity index (χ0n) is 11.2. The van der Waals surface area contributed by atoms with Crippen LogP contribution in [-0.2, 0) is 11.3 Å². The van der Waals surface area contributed by atoms with Crippen LogP contribution in [0.4, 0.5) is 14.5 Å². The predicted molar refractivity (Wildman–Crippen MR) is 72.9 cm³/mol. The highest BCUT2D eigenvalue weighted by Gasteiger charge is 2.18. The van der Waals surface area contributed by atoms with E-state index >= 15 is 0 Å². The summed E-state index contributed by atoms with van der Waals surface area (Å²) in [6.45, 7) is -0.369. The Bertz CT molecular complexity index is 654. The summed E-state index contributed by atoms with van der Waals surface area (Å²) in [5.74, 6) is -2.03. The van der Waals surface area contributed by atoms with Gasteiger partial charge in [-0.1, -0.05) is 12.1 Å². The number of nitrogens with two attached hydrogens (primary N) is 1.